The summed E-state index contributed by atoms with van der Waals surface area (Å²) in [5.74, 6) is -1.16. The Morgan fingerprint density at radius 1 is 1.32 bits per heavy atom. The standard InChI is InChI=1S/C13H16N4O5/c1-8(18)22-17-13(14)9-3-4-10(15-7-9)16-11(19)5-6-12(20)21-2/h3-4,7H,5-6H2,1-2H3,(H2,14,17)(H,15,16,19). The molecule has 22 heavy (non-hydrogen) atoms. The summed E-state index contributed by atoms with van der Waals surface area (Å²) in [5, 5.41) is 5.92. The summed E-state index contributed by atoms with van der Waals surface area (Å²) in [6.07, 6.45) is 1.34. The van der Waals surface area contributed by atoms with Crippen molar-refractivity contribution in [2.24, 2.45) is 10.9 Å². The highest BCUT2D eigenvalue weighted by Crippen LogP contribution is 2.06. The highest BCUT2D eigenvalue weighted by Gasteiger charge is 2.08. The van der Waals surface area contributed by atoms with E-state index in [0.717, 1.165) is 0 Å². The predicted octanol–water partition coefficient (Wildman–Crippen LogP) is 0.157. The second kappa shape index (κ2) is 8.35. The van der Waals surface area contributed by atoms with Gasteiger partial charge in [0.15, 0.2) is 5.84 Å². The number of rotatable bonds is 6. The molecule has 1 aromatic rings. The number of pyridine rings is 1. The summed E-state index contributed by atoms with van der Waals surface area (Å²) in [7, 11) is 1.25. The number of nitrogens with two attached hydrogens (primary N) is 1. The average molecular weight is 308 g/mol. The molecule has 9 nitrogen and oxygen atoms in total. The molecule has 1 heterocycles. The number of nitrogens with one attached hydrogen (secondary N) is 1. The molecule has 3 N–H and O–H groups in total. The first-order valence-electron chi connectivity index (χ1n) is 6.26. The molecule has 0 aliphatic heterocycles. The van der Waals surface area contributed by atoms with Gasteiger partial charge in [-0.05, 0) is 12.1 Å². The molecule has 0 aromatic carbocycles. The summed E-state index contributed by atoms with van der Waals surface area (Å²) in [6.45, 7) is 1.20. The van der Waals surface area contributed by atoms with Gasteiger partial charge in [0.25, 0.3) is 0 Å². The number of anilines is 1. The molecule has 0 atom stereocenters. The summed E-state index contributed by atoms with van der Waals surface area (Å²) in [4.78, 5) is 41.5. The summed E-state index contributed by atoms with van der Waals surface area (Å²) < 4.78 is 4.44. The molecule has 1 aromatic heterocycles. The van der Waals surface area contributed by atoms with Gasteiger partial charge < -0.3 is 20.6 Å². The van der Waals surface area contributed by atoms with E-state index in [1.165, 1.54) is 26.3 Å². The van der Waals surface area contributed by atoms with Crippen LogP contribution in [0.1, 0.15) is 25.3 Å². The van der Waals surface area contributed by atoms with Crippen LogP contribution in [0.2, 0.25) is 0 Å². The number of ether oxygens (including phenoxy) is 1. The number of hydrogen-bond donors (Lipinski definition) is 2. The van der Waals surface area contributed by atoms with Crippen LogP contribution in [-0.4, -0.2) is 35.8 Å². The van der Waals surface area contributed by atoms with Crippen LogP contribution in [0.15, 0.2) is 23.5 Å². The number of oxime groups is 1. The predicted molar refractivity (Wildman–Crippen MR) is 76.6 cm³/mol. The van der Waals surface area contributed by atoms with Crippen LogP contribution < -0.4 is 11.1 Å². The molecule has 9 heteroatoms. The Hall–Kier alpha value is -2.97. The number of aromatic nitrogens is 1. The number of carbonyl (C=O) groups is 3. The Labute approximate surface area is 126 Å². The third-order valence-electron chi connectivity index (χ3n) is 2.38. The number of amidine groups is 1. The van der Waals surface area contributed by atoms with E-state index in [1.54, 1.807) is 6.07 Å². The lowest BCUT2D eigenvalue weighted by Crippen LogP contribution is -2.17. The van der Waals surface area contributed by atoms with Crippen molar-refractivity contribution in [3.8, 4) is 0 Å². The van der Waals surface area contributed by atoms with Crippen LogP contribution in [-0.2, 0) is 24.0 Å². The Morgan fingerprint density at radius 3 is 2.59 bits per heavy atom. The van der Waals surface area contributed by atoms with Gasteiger partial charge >= 0.3 is 11.9 Å². The number of amides is 1. The van der Waals surface area contributed by atoms with Crippen LogP contribution in [0.4, 0.5) is 5.82 Å². The van der Waals surface area contributed by atoms with Crippen LogP contribution in [0.5, 0.6) is 0 Å². The van der Waals surface area contributed by atoms with Crippen molar-refractivity contribution in [3.63, 3.8) is 0 Å². The van der Waals surface area contributed by atoms with E-state index in [9.17, 15) is 14.4 Å². The van der Waals surface area contributed by atoms with Crippen molar-refractivity contribution in [2.75, 3.05) is 12.4 Å². The first kappa shape index (κ1) is 17.1. The van der Waals surface area contributed by atoms with Gasteiger partial charge in [-0.15, -0.1) is 0 Å². The van der Waals surface area contributed by atoms with Gasteiger partial charge in [-0.1, -0.05) is 5.16 Å². The molecule has 0 aliphatic rings. The average Bonchev–Trinajstić information content (AvgIpc) is 2.50. The Morgan fingerprint density at radius 2 is 2.05 bits per heavy atom. The Balaban J connectivity index is 2.58. The quantitative estimate of drug-likeness (QED) is 0.251. The van der Waals surface area contributed by atoms with Crippen LogP contribution in [0.25, 0.3) is 0 Å². The first-order valence-corrected chi connectivity index (χ1v) is 6.26. The van der Waals surface area contributed by atoms with Crippen molar-refractivity contribution in [3.05, 3.63) is 23.9 Å². The molecule has 0 unspecified atom stereocenters. The zero-order valence-corrected chi connectivity index (χ0v) is 12.2. The lowest BCUT2D eigenvalue weighted by molar-refractivity contribution is -0.142. The molecule has 0 saturated heterocycles. The van der Waals surface area contributed by atoms with Crippen LogP contribution in [0, 0.1) is 0 Å². The summed E-state index contributed by atoms with van der Waals surface area (Å²) in [6, 6.07) is 3.05. The van der Waals surface area contributed by atoms with E-state index in [1.807, 2.05) is 0 Å². The van der Waals surface area contributed by atoms with Gasteiger partial charge in [0.05, 0.1) is 13.5 Å². The first-order chi connectivity index (χ1) is 10.4. The lowest BCUT2D eigenvalue weighted by atomic mass is 10.2. The van der Waals surface area contributed by atoms with E-state index in [2.05, 4.69) is 25.0 Å². The van der Waals surface area contributed by atoms with Gasteiger partial charge in [-0.25, -0.2) is 9.78 Å². The fourth-order valence-corrected chi connectivity index (χ4v) is 1.31. The Bertz CT molecular complexity index is 583. The van der Waals surface area contributed by atoms with Crippen LogP contribution in [0.3, 0.4) is 0 Å². The normalized spacial score (nSPS) is 10.7. The second-order valence-electron chi connectivity index (χ2n) is 4.12. The molecule has 0 aliphatic carbocycles. The molecule has 0 bridgehead atoms. The number of methoxy groups -OCH3 is 1. The minimum absolute atomic E-state index is 0.00778. The smallest absolute Gasteiger partial charge is 0.332 e. The zero-order valence-electron chi connectivity index (χ0n) is 12.2. The Kier molecular flexibility index (Phi) is 6.48. The molecule has 0 radical (unpaired) electrons. The van der Waals surface area contributed by atoms with Gasteiger partial charge in [0.1, 0.15) is 5.82 Å². The molecule has 0 spiro atoms. The highest BCUT2D eigenvalue weighted by atomic mass is 16.7. The largest absolute Gasteiger partial charge is 0.469 e. The maximum absolute atomic E-state index is 11.6. The second-order valence-corrected chi connectivity index (χ2v) is 4.12. The van der Waals surface area contributed by atoms with Crippen molar-refractivity contribution in [1.82, 2.24) is 4.98 Å². The number of carbonyl (C=O) groups excluding carboxylic acids is 3. The van der Waals surface area contributed by atoms with E-state index >= 15 is 0 Å². The fourth-order valence-electron chi connectivity index (χ4n) is 1.31. The highest BCUT2D eigenvalue weighted by molar-refractivity contribution is 5.97. The SMILES string of the molecule is COC(=O)CCC(=O)Nc1ccc(/C(N)=N/OC(C)=O)cn1. The fraction of sp³-hybridized carbons (Fsp3) is 0.308. The summed E-state index contributed by atoms with van der Waals surface area (Å²) in [5.41, 5.74) is 6.01. The lowest BCUT2D eigenvalue weighted by Gasteiger charge is -2.05. The van der Waals surface area contributed by atoms with E-state index in [4.69, 9.17) is 5.73 Å². The minimum atomic E-state index is -0.592. The van der Waals surface area contributed by atoms with Gasteiger partial charge in [0.2, 0.25) is 5.91 Å². The molecule has 0 fully saturated rings. The van der Waals surface area contributed by atoms with Gasteiger partial charge in [-0.3, -0.25) is 9.59 Å². The number of nitrogens with zero attached hydrogens (tertiary/aromatic N) is 2. The van der Waals surface area contributed by atoms with Gasteiger partial charge in [0, 0.05) is 25.1 Å². The van der Waals surface area contributed by atoms with E-state index in [0.29, 0.717) is 11.4 Å². The van der Waals surface area contributed by atoms with Crippen molar-refractivity contribution >= 4 is 29.5 Å². The molecule has 118 valence electrons. The molecule has 0 saturated carbocycles. The van der Waals surface area contributed by atoms with Crippen molar-refractivity contribution in [2.45, 2.75) is 19.8 Å². The summed E-state index contributed by atoms with van der Waals surface area (Å²) >= 11 is 0. The molecular weight excluding hydrogens is 292 g/mol. The monoisotopic (exact) mass is 308 g/mol. The maximum atomic E-state index is 11.6. The molecule has 1 amide bonds. The van der Waals surface area contributed by atoms with E-state index in [-0.39, 0.29) is 24.6 Å². The van der Waals surface area contributed by atoms with Crippen molar-refractivity contribution < 1.29 is 24.0 Å². The topological polar surface area (TPSA) is 133 Å². The van der Waals surface area contributed by atoms with Crippen LogP contribution >= 0.6 is 0 Å². The maximum Gasteiger partial charge on any atom is 0.332 e. The number of hydrogen-bond acceptors (Lipinski definition) is 7. The third kappa shape index (κ3) is 5.99. The van der Waals surface area contributed by atoms with Crippen molar-refractivity contribution in [1.29, 1.82) is 0 Å². The van der Waals surface area contributed by atoms with Gasteiger partial charge in [-0.2, -0.15) is 0 Å². The zero-order chi connectivity index (χ0) is 16.5. The molecular formula is C13H16N4O5. The third-order valence-corrected chi connectivity index (χ3v) is 2.38. The molecule has 1 rings (SSSR count). The van der Waals surface area contributed by atoms with E-state index < -0.39 is 11.9 Å². The number of esters is 1. The minimum Gasteiger partial charge on any atom is -0.469 e.